The molecular formula is C25H31BBr2ClN3O. The number of benzene rings is 1. The molecular weight excluding hydrogens is 564 g/mol. The highest BCUT2D eigenvalue weighted by atomic mass is 79.9. The highest BCUT2D eigenvalue weighted by Crippen LogP contribution is 2.43. The number of halogens is 3. The number of piperidine rings is 2. The summed E-state index contributed by atoms with van der Waals surface area (Å²) in [5, 5.41) is 10.7. The SMILES string of the molecule is CB(O)N1CCC(C2CCN(C3c4ccc(Cl)c(Br)c4CCc4cc(Br)cnc43)CC2)CC1. The van der Waals surface area contributed by atoms with Gasteiger partial charge in [0.2, 0.25) is 0 Å². The van der Waals surface area contributed by atoms with Crippen LogP contribution in [0.3, 0.4) is 0 Å². The van der Waals surface area contributed by atoms with Crippen LogP contribution in [0.25, 0.3) is 0 Å². The van der Waals surface area contributed by atoms with Crippen LogP contribution in [0, 0.1) is 11.8 Å². The minimum Gasteiger partial charge on any atom is -0.437 e. The predicted octanol–water partition coefficient (Wildman–Crippen LogP) is 5.98. The van der Waals surface area contributed by atoms with Crippen molar-refractivity contribution in [3.8, 4) is 0 Å². The first kappa shape index (κ1) is 24.3. The summed E-state index contributed by atoms with van der Waals surface area (Å²) in [4.78, 5) is 9.82. The van der Waals surface area contributed by atoms with Gasteiger partial charge in [-0.3, -0.25) is 9.88 Å². The van der Waals surface area contributed by atoms with Gasteiger partial charge in [0.15, 0.2) is 0 Å². The molecule has 1 atom stereocenters. The molecule has 2 aromatic rings. The van der Waals surface area contributed by atoms with E-state index >= 15 is 0 Å². The number of hydrogen-bond donors (Lipinski definition) is 1. The fourth-order valence-electron chi connectivity index (χ4n) is 6.25. The average Bonchev–Trinajstić information content (AvgIpc) is 2.98. The van der Waals surface area contributed by atoms with Crippen LogP contribution >= 0.6 is 43.5 Å². The predicted molar refractivity (Wildman–Crippen MR) is 143 cm³/mol. The Bertz CT molecular complexity index is 1010. The lowest BCUT2D eigenvalue weighted by Gasteiger charge is -2.43. The largest absolute Gasteiger partial charge is 0.437 e. The third-order valence-electron chi connectivity index (χ3n) is 8.11. The van der Waals surface area contributed by atoms with Crippen molar-refractivity contribution in [1.82, 2.24) is 14.7 Å². The Hall–Kier alpha value is -0.435. The Balaban J connectivity index is 1.38. The maximum atomic E-state index is 9.89. The molecule has 1 aromatic carbocycles. The number of nitrogens with zero attached hydrogens (tertiary/aromatic N) is 3. The van der Waals surface area contributed by atoms with E-state index in [4.69, 9.17) is 16.6 Å². The van der Waals surface area contributed by atoms with Gasteiger partial charge in [-0.15, -0.1) is 0 Å². The zero-order valence-corrected chi connectivity index (χ0v) is 23.0. The molecule has 1 aliphatic carbocycles. The van der Waals surface area contributed by atoms with Crippen molar-refractivity contribution in [2.75, 3.05) is 26.2 Å². The van der Waals surface area contributed by atoms with Crippen molar-refractivity contribution < 1.29 is 5.02 Å². The van der Waals surface area contributed by atoms with Gasteiger partial charge in [0, 0.05) is 15.1 Å². The molecule has 2 fully saturated rings. The van der Waals surface area contributed by atoms with E-state index in [0.29, 0.717) is 0 Å². The molecule has 3 heterocycles. The molecule has 1 aromatic heterocycles. The van der Waals surface area contributed by atoms with Crippen molar-refractivity contribution in [2.45, 2.75) is 51.4 Å². The second-order valence-electron chi connectivity index (χ2n) is 9.91. The number of likely N-dealkylation sites (tertiary alicyclic amines) is 1. The normalized spacial score (nSPS) is 23.1. The molecule has 4 nitrogen and oxygen atoms in total. The molecule has 2 saturated heterocycles. The zero-order valence-electron chi connectivity index (χ0n) is 19.1. The highest BCUT2D eigenvalue weighted by molar-refractivity contribution is 9.10. The summed E-state index contributed by atoms with van der Waals surface area (Å²) in [6, 6.07) is 6.69. The number of hydrogen-bond acceptors (Lipinski definition) is 4. The van der Waals surface area contributed by atoms with Crippen molar-refractivity contribution in [3.63, 3.8) is 0 Å². The quantitative estimate of drug-likeness (QED) is 0.444. The number of aryl methyl sites for hydroxylation is 1. The van der Waals surface area contributed by atoms with Gasteiger partial charge in [0.25, 0.3) is 0 Å². The molecule has 2 aliphatic heterocycles. The molecule has 0 bridgehead atoms. The van der Waals surface area contributed by atoms with E-state index in [0.717, 1.165) is 64.8 Å². The molecule has 0 saturated carbocycles. The number of rotatable bonds is 3. The maximum absolute atomic E-state index is 9.89. The third-order valence-corrected chi connectivity index (χ3v) is 9.99. The topological polar surface area (TPSA) is 39.6 Å². The second-order valence-corrected chi connectivity index (χ2v) is 12.0. The van der Waals surface area contributed by atoms with E-state index in [2.05, 4.69) is 53.7 Å². The summed E-state index contributed by atoms with van der Waals surface area (Å²) in [5.74, 6) is 1.58. The van der Waals surface area contributed by atoms with E-state index in [1.807, 2.05) is 19.1 Å². The Labute approximate surface area is 219 Å². The summed E-state index contributed by atoms with van der Waals surface area (Å²) in [6.07, 6.45) is 8.80. The summed E-state index contributed by atoms with van der Waals surface area (Å²) in [6.45, 7) is 6.14. The highest BCUT2D eigenvalue weighted by Gasteiger charge is 2.36. The van der Waals surface area contributed by atoms with Gasteiger partial charge in [0.05, 0.1) is 16.8 Å². The number of pyridine rings is 1. The van der Waals surface area contributed by atoms with Crippen LogP contribution in [0.2, 0.25) is 11.8 Å². The van der Waals surface area contributed by atoms with Crippen molar-refractivity contribution in [2.24, 2.45) is 11.8 Å². The fourth-order valence-corrected chi connectivity index (χ4v) is 7.36. The molecule has 8 heteroatoms. The van der Waals surface area contributed by atoms with Gasteiger partial charge in [0.1, 0.15) is 0 Å². The van der Waals surface area contributed by atoms with Crippen molar-refractivity contribution in [1.29, 1.82) is 0 Å². The van der Waals surface area contributed by atoms with E-state index < -0.39 is 0 Å². The summed E-state index contributed by atoms with van der Waals surface area (Å²) < 4.78 is 2.09. The fraction of sp³-hybridized carbons (Fsp3) is 0.560. The minimum absolute atomic E-state index is 0.178. The van der Waals surface area contributed by atoms with E-state index in [-0.39, 0.29) is 13.1 Å². The van der Waals surface area contributed by atoms with Crippen LogP contribution < -0.4 is 0 Å². The third kappa shape index (κ3) is 4.96. The summed E-state index contributed by atoms with van der Waals surface area (Å²) >= 11 is 13.9. The van der Waals surface area contributed by atoms with E-state index in [1.165, 1.54) is 48.1 Å². The number of fused-ring (bicyclic) bond motifs is 2. The smallest absolute Gasteiger partial charge is 0.376 e. The first-order valence-electron chi connectivity index (χ1n) is 12.2. The first-order valence-corrected chi connectivity index (χ1v) is 14.2. The van der Waals surface area contributed by atoms with Crippen LogP contribution in [0.15, 0.2) is 33.3 Å². The molecule has 0 spiro atoms. The Morgan fingerprint density at radius 3 is 2.36 bits per heavy atom. The standard InChI is InChI=1S/C25H31BBr2ClN3O/c1-26(33)32-12-8-17(9-13-32)16-6-10-31(11-7-16)25-21-4-5-22(29)23(28)20(21)3-2-18-14-19(27)15-30-24(18)25/h4-5,14-17,25,33H,2-3,6-13H2,1H3. The molecule has 3 aliphatic rings. The Kier molecular flexibility index (Phi) is 7.56. The van der Waals surface area contributed by atoms with E-state index in [1.54, 1.807) is 0 Å². The zero-order chi connectivity index (χ0) is 23.1. The monoisotopic (exact) mass is 593 g/mol. The van der Waals surface area contributed by atoms with Crippen molar-refractivity contribution >= 4 is 50.5 Å². The van der Waals surface area contributed by atoms with Gasteiger partial charge in [-0.25, -0.2) is 0 Å². The lowest BCUT2D eigenvalue weighted by molar-refractivity contribution is 0.0962. The molecule has 1 N–H and O–H groups in total. The molecule has 176 valence electrons. The Morgan fingerprint density at radius 2 is 1.70 bits per heavy atom. The first-order chi connectivity index (χ1) is 15.9. The average molecular weight is 596 g/mol. The van der Waals surface area contributed by atoms with Gasteiger partial charge in [-0.2, -0.15) is 0 Å². The Morgan fingerprint density at radius 1 is 1.03 bits per heavy atom. The summed E-state index contributed by atoms with van der Waals surface area (Å²) in [7, 11) is -0.316. The molecule has 33 heavy (non-hydrogen) atoms. The van der Waals surface area contributed by atoms with Crippen LogP contribution in [0.4, 0.5) is 0 Å². The summed E-state index contributed by atoms with van der Waals surface area (Å²) in [5.41, 5.74) is 5.22. The van der Waals surface area contributed by atoms with Gasteiger partial charge in [-0.05, 0) is 144 Å². The van der Waals surface area contributed by atoms with E-state index in [9.17, 15) is 5.02 Å². The number of aromatic nitrogens is 1. The second kappa shape index (κ2) is 10.3. The van der Waals surface area contributed by atoms with Crippen LogP contribution in [0.1, 0.15) is 54.1 Å². The molecule has 0 amide bonds. The lowest BCUT2D eigenvalue weighted by atomic mass is 9.75. The van der Waals surface area contributed by atoms with Crippen LogP contribution in [-0.4, -0.2) is 52.9 Å². The molecule has 5 rings (SSSR count). The molecule has 1 unspecified atom stereocenters. The van der Waals surface area contributed by atoms with Gasteiger partial charge < -0.3 is 9.83 Å². The van der Waals surface area contributed by atoms with Crippen molar-refractivity contribution in [3.05, 3.63) is 60.7 Å². The van der Waals surface area contributed by atoms with Crippen LogP contribution in [-0.2, 0) is 12.8 Å². The lowest BCUT2D eigenvalue weighted by Crippen LogP contribution is -2.46. The minimum atomic E-state index is -0.316. The van der Waals surface area contributed by atoms with Crippen LogP contribution in [0.5, 0.6) is 0 Å². The maximum Gasteiger partial charge on any atom is 0.376 e. The van der Waals surface area contributed by atoms with Gasteiger partial charge in [-0.1, -0.05) is 17.7 Å². The molecule has 0 radical (unpaired) electrons. The van der Waals surface area contributed by atoms with Gasteiger partial charge >= 0.3 is 7.05 Å².